The first-order valence-electron chi connectivity index (χ1n) is 4.62. The molecule has 1 unspecified atom stereocenters. The highest BCUT2D eigenvalue weighted by atomic mass is 16.5. The quantitative estimate of drug-likeness (QED) is 0.618. The van der Waals surface area contributed by atoms with E-state index < -0.39 is 0 Å². The Hall–Kier alpha value is -0.570. The molecule has 1 aliphatic carbocycles. The zero-order valence-corrected chi connectivity index (χ0v) is 7.43. The van der Waals surface area contributed by atoms with E-state index in [2.05, 4.69) is 5.32 Å². The fourth-order valence-corrected chi connectivity index (χ4v) is 1.47. The molecule has 0 aromatic rings. The van der Waals surface area contributed by atoms with E-state index in [1.165, 1.54) is 0 Å². The second-order valence-corrected chi connectivity index (χ2v) is 4.09. The van der Waals surface area contributed by atoms with Crippen molar-refractivity contribution < 1.29 is 9.53 Å². The maximum absolute atomic E-state index is 11.6. The van der Waals surface area contributed by atoms with Crippen LogP contribution < -0.4 is 5.32 Å². The number of hydrogen-bond acceptors (Lipinski definition) is 3. The predicted octanol–water partition coefficient (Wildman–Crippen LogP) is 0.692. The first-order chi connectivity index (χ1) is 5.71. The van der Waals surface area contributed by atoms with Gasteiger partial charge in [0.25, 0.3) is 0 Å². The normalized spacial score (nSPS) is 35.1. The molecule has 2 rings (SSSR count). The van der Waals surface area contributed by atoms with Gasteiger partial charge in [-0.2, -0.15) is 0 Å². The average Bonchev–Trinajstić information content (AvgIpc) is 2.73. The Morgan fingerprint density at radius 2 is 2.33 bits per heavy atom. The van der Waals surface area contributed by atoms with Gasteiger partial charge in [-0.3, -0.25) is 4.79 Å². The Kier molecular flexibility index (Phi) is 1.83. The molecule has 0 amide bonds. The summed E-state index contributed by atoms with van der Waals surface area (Å²) < 4.78 is 5.27. The van der Waals surface area contributed by atoms with Crippen molar-refractivity contribution in [3.8, 4) is 0 Å². The Labute approximate surface area is 72.5 Å². The van der Waals surface area contributed by atoms with Gasteiger partial charge in [0, 0.05) is 6.54 Å². The lowest BCUT2D eigenvalue weighted by atomic mass is 9.90. The summed E-state index contributed by atoms with van der Waals surface area (Å²) in [7, 11) is 0. The molecule has 0 spiro atoms. The van der Waals surface area contributed by atoms with Crippen LogP contribution in [0.3, 0.4) is 0 Å². The van der Waals surface area contributed by atoms with Crippen molar-refractivity contribution in [2.24, 2.45) is 5.41 Å². The lowest BCUT2D eigenvalue weighted by Gasteiger charge is -2.19. The molecular weight excluding hydrogens is 154 g/mol. The molecule has 12 heavy (non-hydrogen) atoms. The Morgan fingerprint density at radius 3 is 2.83 bits per heavy atom. The smallest absolute Gasteiger partial charge is 0.313 e. The molecule has 2 aliphatic rings. The van der Waals surface area contributed by atoms with E-state index in [-0.39, 0.29) is 17.5 Å². The molecule has 0 aromatic carbocycles. The molecule has 0 bridgehead atoms. The Morgan fingerprint density at radius 1 is 1.58 bits per heavy atom. The number of carbonyl (C=O) groups is 1. The summed E-state index contributed by atoms with van der Waals surface area (Å²) in [5, 5.41) is 3.19. The highest BCUT2D eigenvalue weighted by Crippen LogP contribution is 2.31. The second kappa shape index (κ2) is 2.73. The number of nitrogens with one attached hydrogen (secondary N) is 1. The molecule has 3 heteroatoms. The molecule has 68 valence electrons. The van der Waals surface area contributed by atoms with Crippen LogP contribution in [0.1, 0.15) is 26.2 Å². The van der Waals surface area contributed by atoms with Gasteiger partial charge in [-0.15, -0.1) is 0 Å². The van der Waals surface area contributed by atoms with Crippen LogP contribution in [0.5, 0.6) is 0 Å². The van der Waals surface area contributed by atoms with Crippen LogP contribution in [0.4, 0.5) is 0 Å². The Bertz CT molecular complexity index is 193. The van der Waals surface area contributed by atoms with Crippen LogP contribution >= 0.6 is 0 Å². The molecule has 1 aliphatic heterocycles. The maximum Gasteiger partial charge on any atom is 0.313 e. The zero-order chi connectivity index (χ0) is 8.60. The van der Waals surface area contributed by atoms with Crippen LogP contribution in [0.25, 0.3) is 0 Å². The molecule has 2 fully saturated rings. The number of carbonyl (C=O) groups excluding carboxylic acids is 1. The third-order valence-corrected chi connectivity index (χ3v) is 2.66. The third kappa shape index (κ3) is 1.46. The van der Waals surface area contributed by atoms with Crippen LogP contribution in [0, 0.1) is 5.41 Å². The maximum atomic E-state index is 11.6. The van der Waals surface area contributed by atoms with E-state index in [0.29, 0.717) is 0 Å². The van der Waals surface area contributed by atoms with E-state index in [4.69, 9.17) is 4.74 Å². The van der Waals surface area contributed by atoms with Gasteiger partial charge >= 0.3 is 5.97 Å². The van der Waals surface area contributed by atoms with Crippen molar-refractivity contribution >= 4 is 5.97 Å². The predicted molar refractivity (Wildman–Crippen MR) is 44.7 cm³/mol. The summed E-state index contributed by atoms with van der Waals surface area (Å²) in [6.45, 7) is 3.70. The molecule has 1 N–H and O–H groups in total. The van der Waals surface area contributed by atoms with Crippen molar-refractivity contribution in [3.63, 3.8) is 0 Å². The van der Waals surface area contributed by atoms with E-state index in [0.717, 1.165) is 32.4 Å². The van der Waals surface area contributed by atoms with Crippen molar-refractivity contribution in [1.82, 2.24) is 5.32 Å². The van der Waals surface area contributed by atoms with Crippen molar-refractivity contribution in [2.45, 2.75) is 32.3 Å². The van der Waals surface area contributed by atoms with E-state index in [1.54, 1.807) is 0 Å². The van der Waals surface area contributed by atoms with Gasteiger partial charge in [0.2, 0.25) is 0 Å². The molecule has 1 atom stereocenters. The minimum Gasteiger partial charge on any atom is -0.462 e. The first kappa shape index (κ1) is 8.05. The monoisotopic (exact) mass is 169 g/mol. The molecular formula is C9H15NO2. The van der Waals surface area contributed by atoms with Gasteiger partial charge in [-0.05, 0) is 32.7 Å². The number of ether oxygens (including phenoxy) is 1. The fourth-order valence-electron chi connectivity index (χ4n) is 1.47. The second-order valence-electron chi connectivity index (χ2n) is 4.09. The summed E-state index contributed by atoms with van der Waals surface area (Å²) in [5.74, 6) is -0.00463. The number of esters is 1. The van der Waals surface area contributed by atoms with Crippen molar-refractivity contribution in [3.05, 3.63) is 0 Å². The topological polar surface area (TPSA) is 38.3 Å². The number of rotatable bonds is 2. The summed E-state index contributed by atoms with van der Waals surface area (Å²) in [4.78, 5) is 11.6. The summed E-state index contributed by atoms with van der Waals surface area (Å²) in [6.07, 6.45) is 3.29. The van der Waals surface area contributed by atoms with E-state index in [1.807, 2.05) is 6.92 Å². The SMILES string of the molecule is CC1(C(=O)OC2CC2)CCNC1. The molecule has 1 saturated carbocycles. The van der Waals surface area contributed by atoms with Crippen molar-refractivity contribution in [2.75, 3.05) is 13.1 Å². The van der Waals surface area contributed by atoms with E-state index >= 15 is 0 Å². The van der Waals surface area contributed by atoms with Gasteiger partial charge in [-0.1, -0.05) is 0 Å². The molecule has 0 radical (unpaired) electrons. The fraction of sp³-hybridized carbons (Fsp3) is 0.889. The number of hydrogen-bond donors (Lipinski definition) is 1. The van der Waals surface area contributed by atoms with Gasteiger partial charge in [-0.25, -0.2) is 0 Å². The van der Waals surface area contributed by atoms with Gasteiger partial charge in [0.1, 0.15) is 6.10 Å². The first-order valence-corrected chi connectivity index (χ1v) is 4.62. The standard InChI is InChI=1S/C9H15NO2/c1-9(4-5-10-6-9)8(11)12-7-2-3-7/h7,10H,2-6H2,1H3. The van der Waals surface area contributed by atoms with E-state index in [9.17, 15) is 4.79 Å². The van der Waals surface area contributed by atoms with Gasteiger partial charge in [0.05, 0.1) is 5.41 Å². The minimum atomic E-state index is -0.247. The van der Waals surface area contributed by atoms with Crippen molar-refractivity contribution in [1.29, 1.82) is 0 Å². The molecule has 1 saturated heterocycles. The largest absolute Gasteiger partial charge is 0.462 e. The summed E-state index contributed by atoms with van der Waals surface area (Å²) in [6, 6.07) is 0. The summed E-state index contributed by atoms with van der Waals surface area (Å²) >= 11 is 0. The Balaban J connectivity index is 1.91. The zero-order valence-electron chi connectivity index (χ0n) is 7.43. The van der Waals surface area contributed by atoms with Crippen LogP contribution in [-0.2, 0) is 9.53 Å². The molecule has 1 heterocycles. The molecule has 3 nitrogen and oxygen atoms in total. The third-order valence-electron chi connectivity index (χ3n) is 2.66. The lowest BCUT2D eigenvalue weighted by Crippen LogP contribution is -2.32. The van der Waals surface area contributed by atoms with Gasteiger partial charge < -0.3 is 10.1 Å². The lowest BCUT2D eigenvalue weighted by molar-refractivity contribution is -0.155. The average molecular weight is 169 g/mol. The highest BCUT2D eigenvalue weighted by Gasteiger charge is 2.40. The van der Waals surface area contributed by atoms with Crippen LogP contribution in [-0.4, -0.2) is 25.2 Å². The van der Waals surface area contributed by atoms with Crippen LogP contribution in [0.2, 0.25) is 0 Å². The van der Waals surface area contributed by atoms with Crippen LogP contribution in [0.15, 0.2) is 0 Å². The summed E-state index contributed by atoms with van der Waals surface area (Å²) in [5.41, 5.74) is -0.247. The van der Waals surface area contributed by atoms with Gasteiger partial charge in [0.15, 0.2) is 0 Å². The minimum absolute atomic E-state index is 0.00463. The molecule has 0 aromatic heterocycles. The highest BCUT2D eigenvalue weighted by molar-refractivity contribution is 5.77.